The van der Waals surface area contributed by atoms with E-state index in [-0.39, 0.29) is 10.6 Å². The van der Waals surface area contributed by atoms with Crippen LogP contribution >= 0.6 is 11.6 Å². The summed E-state index contributed by atoms with van der Waals surface area (Å²) >= 11 is 6.22. The second-order valence-electron chi connectivity index (χ2n) is 6.09. The number of fused-ring (bicyclic) bond motifs is 2. The highest BCUT2D eigenvalue weighted by Crippen LogP contribution is 2.38. The molecule has 2 aromatic heterocycles. The molecule has 120 valence electrons. The summed E-state index contributed by atoms with van der Waals surface area (Å²) in [5, 5.41) is 4.33. The molecule has 3 saturated heterocycles. The summed E-state index contributed by atoms with van der Waals surface area (Å²) in [4.78, 5) is 25.1. The van der Waals surface area contributed by atoms with Gasteiger partial charge in [0.15, 0.2) is 0 Å². The van der Waals surface area contributed by atoms with Gasteiger partial charge in [0, 0.05) is 26.3 Å². The van der Waals surface area contributed by atoms with Crippen LogP contribution in [-0.4, -0.2) is 44.9 Å². The van der Waals surface area contributed by atoms with Gasteiger partial charge in [-0.15, -0.1) is 0 Å². The summed E-state index contributed by atoms with van der Waals surface area (Å²) in [6, 6.07) is 2.71. The molecule has 2 atom stereocenters. The van der Waals surface area contributed by atoms with Crippen LogP contribution in [0.4, 0.5) is 11.5 Å². The molecule has 23 heavy (non-hydrogen) atoms. The Balaban J connectivity index is 1.58. The van der Waals surface area contributed by atoms with Crippen LogP contribution in [-0.2, 0) is 7.05 Å². The molecule has 3 fully saturated rings. The predicted octanol–water partition coefficient (Wildman–Crippen LogP) is 1.000. The molecule has 0 amide bonds. The van der Waals surface area contributed by atoms with Crippen LogP contribution in [0.1, 0.15) is 12.2 Å². The first-order valence-corrected chi connectivity index (χ1v) is 7.97. The lowest BCUT2D eigenvalue weighted by atomic mass is 9.87. The molecule has 5 heterocycles. The largest absolute Gasteiger partial charge is 0.365 e. The lowest BCUT2D eigenvalue weighted by Gasteiger charge is -2.57. The van der Waals surface area contributed by atoms with Crippen molar-refractivity contribution in [2.24, 2.45) is 7.05 Å². The first-order valence-electron chi connectivity index (χ1n) is 7.59. The first kappa shape index (κ1) is 14.4. The summed E-state index contributed by atoms with van der Waals surface area (Å²) in [5.74, 6) is 1.76. The Morgan fingerprint density at radius 2 is 2.04 bits per heavy atom. The third-order valence-corrected chi connectivity index (χ3v) is 4.97. The van der Waals surface area contributed by atoms with Crippen LogP contribution in [0.3, 0.4) is 0 Å². The molecule has 3 aliphatic rings. The molecule has 0 spiro atoms. The van der Waals surface area contributed by atoms with E-state index in [2.05, 4.69) is 24.9 Å². The van der Waals surface area contributed by atoms with Crippen molar-refractivity contribution in [3.63, 3.8) is 0 Å². The zero-order valence-electron chi connectivity index (χ0n) is 13.0. The average molecular weight is 333 g/mol. The van der Waals surface area contributed by atoms with E-state index in [4.69, 9.17) is 11.6 Å². The normalized spacial score (nSPS) is 22.9. The summed E-state index contributed by atoms with van der Waals surface area (Å²) in [6.07, 6.45) is 4.61. The summed E-state index contributed by atoms with van der Waals surface area (Å²) in [7, 11) is 1.60. The van der Waals surface area contributed by atoms with Gasteiger partial charge in [-0.3, -0.25) is 4.79 Å². The molecule has 3 aliphatic heterocycles. The third kappa shape index (κ3) is 2.26. The number of anilines is 2. The smallest absolute Gasteiger partial charge is 0.287 e. The zero-order chi connectivity index (χ0) is 16.1. The highest BCUT2D eigenvalue weighted by atomic mass is 35.5. The number of piperidine rings is 1. The zero-order valence-corrected chi connectivity index (χ0v) is 13.7. The highest BCUT2D eigenvalue weighted by molar-refractivity contribution is 6.33. The fraction of sp³-hybridized carbons (Fsp3) is 0.467. The van der Waals surface area contributed by atoms with Crippen LogP contribution in [0.2, 0.25) is 5.02 Å². The van der Waals surface area contributed by atoms with E-state index in [0.717, 1.165) is 36.8 Å². The number of rotatable bonds is 2. The summed E-state index contributed by atoms with van der Waals surface area (Å²) in [6.45, 7) is 3.53. The number of piperazine rings is 1. The summed E-state index contributed by atoms with van der Waals surface area (Å²) < 4.78 is 1.26. The monoisotopic (exact) mass is 332 g/mol. The van der Waals surface area contributed by atoms with Gasteiger partial charge < -0.3 is 9.80 Å². The quantitative estimate of drug-likeness (QED) is 0.817. The second kappa shape index (κ2) is 5.19. The molecule has 0 aromatic carbocycles. The molecular weight excluding hydrogens is 316 g/mol. The highest BCUT2D eigenvalue weighted by Gasteiger charge is 2.45. The van der Waals surface area contributed by atoms with Crippen LogP contribution in [0.25, 0.3) is 0 Å². The molecule has 0 radical (unpaired) electrons. The number of hydrogen-bond donors (Lipinski definition) is 0. The van der Waals surface area contributed by atoms with Crippen molar-refractivity contribution in [3.8, 4) is 0 Å². The van der Waals surface area contributed by atoms with Gasteiger partial charge in [-0.05, 0) is 19.4 Å². The number of nitrogens with zero attached hydrogens (tertiary/aromatic N) is 6. The van der Waals surface area contributed by atoms with Gasteiger partial charge in [-0.1, -0.05) is 11.6 Å². The van der Waals surface area contributed by atoms with E-state index in [1.54, 1.807) is 19.4 Å². The predicted molar refractivity (Wildman–Crippen MR) is 88.1 cm³/mol. The fourth-order valence-corrected chi connectivity index (χ4v) is 3.78. The second-order valence-corrected chi connectivity index (χ2v) is 6.47. The molecule has 5 rings (SSSR count). The molecule has 2 unspecified atom stereocenters. The minimum Gasteiger partial charge on any atom is -0.365 e. The lowest BCUT2D eigenvalue weighted by molar-refractivity contribution is 0.288. The Morgan fingerprint density at radius 1 is 1.30 bits per heavy atom. The Kier molecular flexibility index (Phi) is 3.26. The van der Waals surface area contributed by atoms with E-state index >= 15 is 0 Å². The maximum absolute atomic E-state index is 12.0. The van der Waals surface area contributed by atoms with Crippen molar-refractivity contribution in [1.82, 2.24) is 19.7 Å². The number of hydrogen-bond acceptors (Lipinski definition) is 6. The maximum atomic E-state index is 12.0. The van der Waals surface area contributed by atoms with Crippen LogP contribution in [0, 0.1) is 6.92 Å². The Morgan fingerprint density at radius 3 is 2.74 bits per heavy atom. The van der Waals surface area contributed by atoms with Crippen LogP contribution < -0.4 is 15.4 Å². The molecule has 2 bridgehead atoms. The maximum Gasteiger partial charge on any atom is 0.287 e. The Bertz CT molecular complexity index is 810. The summed E-state index contributed by atoms with van der Waals surface area (Å²) in [5.41, 5.74) is 0.467. The standard InChI is InChI=1S/C15H17ClN6O/c1-9-17-4-3-13(19-9)22-10-5-11(22)8-21(7-10)12-6-18-20(2)15(23)14(12)16/h3-4,6,10-11H,5,7-8H2,1-2H3. The van der Waals surface area contributed by atoms with Gasteiger partial charge >= 0.3 is 0 Å². The van der Waals surface area contributed by atoms with Gasteiger partial charge in [0.2, 0.25) is 0 Å². The van der Waals surface area contributed by atoms with Crippen molar-refractivity contribution in [3.05, 3.63) is 39.7 Å². The molecule has 2 aromatic rings. The van der Waals surface area contributed by atoms with Crippen molar-refractivity contribution in [1.29, 1.82) is 0 Å². The lowest BCUT2D eigenvalue weighted by Crippen LogP contribution is -2.69. The van der Waals surface area contributed by atoms with E-state index in [1.165, 1.54) is 4.68 Å². The number of halogens is 1. The van der Waals surface area contributed by atoms with Crippen LogP contribution in [0.15, 0.2) is 23.3 Å². The van der Waals surface area contributed by atoms with Crippen molar-refractivity contribution in [2.45, 2.75) is 25.4 Å². The molecule has 7 nitrogen and oxygen atoms in total. The molecule has 0 saturated carbocycles. The molecule has 8 heteroatoms. The van der Waals surface area contributed by atoms with Gasteiger partial charge in [0.1, 0.15) is 16.7 Å². The Labute approximate surface area is 138 Å². The molecular formula is C15H17ClN6O. The van der Waals surface area contributed by atoms with Gasteiger partial charge in [-0.2, -0.15) is 5.10 Å². The minimum atomic E-state index is -0.258. The third-order valence-electron chi connectivity index (χ3n) is 4.62. The van der Waals surface area contributed by atoms with Gasteiger partial charge in [0.25, 0.3) is 5.56 Å². The van der Waals surface area contributed by atoms with Gasteiger partial charge in [-0.25, -0.2) is 14.6 Å². The topological polar surface area (TPSA) is 67.2 Å². The molecule has 0 aliphatic carbocycles. The van der Waals surface area contributed by atoms with Crippen molar-refractivity contribution < 1.29 is 0 Å². The fourth-order valence-electron chi connectivity index (χ4n) is 3.49. The minimum absolute atomic E-state index is 0.244. The van der Waals surface area contributed by atoms with E-state index < -0.39 is 0 Å². The Hall–Kier alpha value is -2.15. The van der Waals surface area contributed by atoms with Crippen molar-refractivity contribution >= 4 is 23.1 Å². The first-order chi connectivity index (χ1) is 11.0. The number of aryl methyl sites for hydroxylation is 2. The van der Waals surface area contributed by atoms with Crippen LogP contribution in [0.5, 0.6) is 0 Å². The molecule has 0 N–H and O–H groups in total. The SMILES string of the molecule is Cc1nccc(N2C3CC2CN(c2cnn(C)c(=O)c2Cl)C3)n1. The van der Waals surface area contributed by atoms with E-state index in [0.29, 0.717) is 12.1 Å². The van der Waals surface area contributed by atoms with E-state index in [9.17, 15) is 4.79 Å². The van der Waals surface area contributed by atoms with Gasteiger partial charge in [0.05, 0.1) is 24.0 Å². The average Bonchev–Trinajstić information content (AvgIpc) is 2.53. The van der Waals surface area contributed by atoms with E-state index in [1.807, 2.05) is 13.0 Å². The number of aromatic nitrogens is 4. The van der Waals surface area contributed by atoms with Crippen molar-refractivity contribution in [2.75, 3.05) is 22.9 Å².